The van der Waals surface area contributed by atoms with E-state index in [9.17, 15) is 0 Å². The predicted octanol–water partition coefficient (Wildman–Crippen LogP) is 2.09. The highest BCUT2D eigenvalue weighted by atomic mass is 15.0. The van der Waals surface area contributed by atoms with Crippen LogP contribution in [0.5, 0.6) is 0 Å². The highest BCUT2D eigenvalue weighted by molar-refractivity contribution is 5.62. The van der Waals surface area contributed by atoms with Crippen molar-refractivity contribution in [3.05, 3.63) is 30.1 Å². The zero-order valence-electron chi connectivity index (χ0n) is 7.41. The first-order valence-electron chi connectivity index (χ1n) is 4.22. The van der Waals surface area contributed by atoms with Gasteiger partial charge in [-0.25, -0.2) is 4.98 Å². The molecule has 0 N–H and O–H groups in total. The summed E-state index contributed by atoms with van der Waals surface area (Å²) in [6, 6.07) is 4.18. The maximum Gasteiger partial charge on any atom is 0.139 e. The van der Waals surface area contributed by atoms with E-state index in [1.54, 1.807) is 0 Å². The highest BCUT2D eigenvalue weighted by Crippen LogP contribution is 2.23. The van der Waals surface area contributed by atoms with E-state index in [0.29, 0.717) is 0 Å². The summed E-state index contributed by atoms with van der Waals surface area (Å²) in [5.41, 5.74) is 2.61. The fraction of sp³-hybridized carbons (Fsp3) is 0.300. The Morgan fingerprint density at radius 3 is 3.08 bits per heavy atom. The van der Waals surface area contributed by atoms with E-state index in [4.69, 9.17) is 0 Å². The Kier molecular flexibility index (Phi) is 1.61. The first-order valence-corrected chi connectivity index (χ1v) is 4.22. The van der Waals surface area contributed by atoms with Crippen molar-refractivity contribution in [1.29, 1.82) is 0 Å². The molecule has 0 unspecified atom stereocenters. The number of nitrogens with zero attached hydrogens (tertiary/aromatic N) is 2. The van der Waals surface area contributed by atoms with Crippen molar-refractivity contribution in [2.24, 2.45) is 7.05 Å². The van der Waals surface area contributed by atoms with Gasteiger partial charge in [-0.15, -0.1) is 0 Å². The first-order chi connectivity index (χ1) is 5.83. The number of hydrogen-bond donors (Lipinski definition) is 0. The maximum absolute atomic E-state index is 4.35. The molecule has 12 heavy (non-hydrogen) atoms. The molecule has 0 saturated heterocycles. The Labute approximate surface area is 72.2 Å². The van der Waals surface area contributed by atoms with Crippen LogP contribution in [0.25, 0.3) is 11.4 Å². The van der Waals surface area contributed by atoms with Crippen LogP contribution in [-0.2, 0) is 13.5 Å². The quantitative estimate of drug-likeness (QED) is 0.624. The van der Waals surface area contributed by atoms with Crippen molar-refractivity contribution in [2.75, 3.05) is 0 Å². The number of aromatic nitrogens is 2. The van der Waals surface area contributed by atoms with E-state index in [1.807, 2.05) is 19.4 Å². The lowest BCUT2D eigenvalue weighted by Gasteiger charge is -2.05. The molecule has 0 aromatic carbocycles. The van der Waals surface area contributed by atoms with E-state index in [2.05, 4.69) is 28.6 Å². The van der Waals surface area contributed by atoms with Gasteiger partial charge in [0.2, 0.25) is 0 Å². The second-order valence-corrected chi connectivity index (χ2v) is 2.99. The lowest BCUT2D eigenvalue weighted by Crippen LogP contribution is -1.95. The fourth-order valence-corrected chi connectivity index (χ4v) is 1.51. The minimum absolute atomic E-state index is 1.06. The second-order valence-electron chi connectivity index (χ2n) is 2.99. The van der Waals surface area contributed by atoms with E-state index in [0.717, 1.165) is 12.2 Å². The van der Waals surface area contributed by atoms with Gasteiger partial charge in [0.1, 0.15) is 5.82 Å². The molecule has 2 nitrogen and oxygen atoms in total. The van der Waals surface area contributed by atoms with Crippen molar-refractivity contribution in [1.82, 2.24) is 9.55 Å². The molecule has 0 radical (unpaired) electrons. The van der Waals surface area contributed by atoms with Crippen molar-refractivity contribution < 1.29 is 0 Å². The van der Waals surface area contributed by atoms with Gasteiger partial charge in [-0.05, 0) is 24.1 Å². The molecule has 0 atom stereocenters. The van der Waals surface area contributed by atoms with E-state index in [1.165, 1.54) is 11.1 Å². The molecule has 2 rings (SSSR count). The summed E-state index contributed by atoms with van der Waals surface area (Å²) in [6.07, 6.45) is 5.04. The molecule has 0 aromatic heterocycles. The molecular weight excluding hydrogens is 148 g/mol. The molecule has 2 aliphatic heterocycles. The lowest BCUT2D eigenvalue weighted by atomic mass is 10.1. The molecule has 0 saturated carbocycles. The zero-order chi connectivity index (χ0) is 8.55. The predicted molar refractivity (Wildman–Crippen MR) is 49.2 cm³/mol. The molecule has 2 heteroatoms. The van der Waals surface area contributed by atoms with Crippen LogP contribution < -0.4 is 0 Å². The smallest absolute Gasteiger partial charge is 0.139 e. The van der Waals surface area contributed by atoms with Gasteiger partial charge in [-0.3, -0.25) is 0 Å². The van der Waals surface area contributed by atoms with Gasteiger partial charge in [-0.1, -0.05) is 6.92 Å². The minimum Gasteiger partial charge on any atom is -0.336 e. The molecule has 0 bridgehead atoms. The Morgan fingerprint density at radius 1 is 1.50 bits per heavy atom. The second kappa shape index (κ2) is 2.63. The highest BCUT2D eigenvalue weighted by Gasteiger charge is 2.09. The van der Waals surface area contributed by atoms with Crippen LogP contribution in [0.2, 0.25) is 0 Å². The van der Waals surface area contributed by atoms with Gasteiger partial charge in [0.15, 0.2) is 0 Å². The summed E-state index contributed by atoms with van der Waals surface area (Å²) in [4.78, 5) is 4.35. The van der Waals surface area contributed by atoms with Crippen LogP contribution in [-0.4, -0.2) is 9.55 Å². The third-order valence-electron chi connectivity index (χ3n) is 2.22. The molecule has 0 aromatic rings. The standard InChI is InChI=1S/C10H12N2/c1-3-8-7-11-10-9(8)5-4-6-12(10)2/h4-7H,3H2,1-2H3. The monoisotopic (exact) mass is 160 g/mol. The molecule has 0 fully saturated rings. The van der Waals surface area contributed by atoms with Gasteiger partial charge < -0.3 is 4.57 Å². The van der Waals surface area contributed by atoms with Crippen molar-refractivity contribution in [3.63, 3.8) is 0 Å². The number of fused-ring (bicyclic) bond motifs is 1. The number of pyridine rings is 1. The molecule has 2 aliphatic rings. The summed E-state index contributed by atoms with van der Waals surface area (Å²) in [5.74, 6) is 1.08. The Morgan fingerprint density at radius 2 is 2.33 bits per heavy atom. The summed E-state index contributed by atoms with van der Waals surface area (Å²) in [5, 5.41) is 0. The summed E-state index contributed by atoms with van der Waals surface area (Å²) < 4.78 is 2.05. The Bertz CT molecular complexity index is 362. The third kappa shape index (κ3) is 0.916. The Balaban J connectivity index is 2.67. The van der Waals surface area contributed by atoms with Gasteiger partial charge in [0, 0.05) is 25.0 Å². The summed E-state index contributed by atoms with van der Waals surface area (Å²) >= 11 is 0. The topological polar surface area (TPSA) is 17.8 Å². The molecular formula is C10H12N2. The SMILES string of the molecule is CCc1cnc2n(C)cccc1-2. The van der Waals surface area contributed by atoms with E-state index >= 15 is 0 Å². The van der Waals surface area contributed by atoms with Gasteiger partial charge in [0.25, 0.3) is 0 Å². The summed E-state index contributed by atoms with van der Waals surface area (Å²) in [7, 11) is 2.02. The van der Waals surface area contributed by atoms with Crippen LogP contribution in [0.3, 0.4) is 0 Å². The third-order valence-corrected chi connectivity index (χ3v) is 2.22. The minimum atomic E-state index is 1.06. The van der Waals surface area contributed by atoms with Crippen molar-refractivity contribution >= 4 is 0 Å². The Hall–Kier alpha value is -1.31. The van der Waals surface area contributed by atoms with E-state index < -0.39 is 0 Å². The molecule has 0 spiro atoms. The van der Waals surface area contributed by atoms with Crippen LogP contribution in [0.15, 0.2) is 24.5 Å². The molecule has 2 heterocycles. The normalized spacial score (nSPS) is 10.8. The zero-order valence-corrected chi connectivity index (χ0v) is 7.41. The van der Waals surface area contributed by atoms with Crippen LogP contribution in [0.4, 0.5) is 0 Å². The van der Waals surface area contributed by atoms with Crippen LogP contribution in [0, 0.1) is 0 Å². The summed E-state index contributed by atoms with van der Waals surface area (Å²) in [6.45, 7) is 2.16. The van der Waals surface area contributed by atoms with Gasteiger partial charge >= 0.3 is 0 Å². The average molecular weight is 160 g/mol. The number of rotatable bonds is 1. The van der Waals surface area contributed by atoms with Crippen molar-refractivity contribution in [3.8, 4) is 11.4 Å². The average Bonchev–Trinajstić information content (AvgIpc) is 2.49. The molecule has 0 aliphatic carbocycles. The maximum atomic E-state index is 4.35. The first kappa shape index (κ1) is 7.35. The van der Waals surface area contributed by atoms with Gasteiger partial charge in [-0.2, -0.15) is 0 Å². The molecule has 0 amide bonds. The van der Waals surface area contributed by atoms with Crippen molar-refractivity contribution in [2.45, 2.75) is 13.3 Å². The largest absolute Gasteiger partial charge is 0.336 e. The van der Waals surface area contributed by atoms with Crippen LogP contribution >= 0.6 is 0 Å². The molecule has 62 valence electrons. The number of hydrogen-bond acceptors (Lipinski definition) is 1. The van der Waals surface area contributed by atoms with E-state index in [-0.39, 0.29) is 0 Å². The fourth-order valence-electron chi connectivity index (χ4n) is 1.51. The number of aryl methyl sites for hydroxylation is 2. The van der Waals surface area contributed by atoms with Gasteiger partial charge in [0.05, 0.1) is 0 Å². The lowest BCUT2D eigenvalue weighted by molar-refractivity contribution is 0.890. The van der Waals surface area contributed by atoms with Crippen LogP contribution in [0.1, 0.15) is 12.5 Å².